The molecule has 7 heteroatoms. The molecule has 2 N–H and O–H groups in total. The molecule has 0 spiro atoms. The van der Waals surface area contributed by atoms with Crippen LogP contribution in [0.2, 0.25) is 5.02 Å². The van der Waals surface area contributed by atoms with Crippen molar-refractivity contribution >= 4 is 23.7 Å². The van der Waals surface area contributed by atoms with E-state index in [1.54, 1.807) is 39.0 Å². The zero-order chi connectivity index (χ0) is 16.9. The normalized spacial score (nSPS) is 12.4. The highest BCUT2D eigenvalue weighted by atomic mass is 35.5. The summed E-state index contributed by atoms with van der Waals surface area (Å²) in [5.74, 6) is -0.630. The van der Waals surface area contributed by atoms with Gasteiger partial charge in [0.05, 0.1) is 19.6 Å². The molecule has 0 fully saturated rings. The van der Waals surface area contributed by atoms with Gasteiger partial charge in [-0.05, 0) is 39.0 Å². The first-order chi connectivity index (χ1) is 10.1. The Hall–Kier alpha value is -1.95. The first kappa shape index (κ1) is 18.1. The Morgan fingerprint density at radius 3 is 2.50 bits per heavy atom. The number of carboxylic acids is 1. The Bertz CT molecular complexity index is 553. The van der Waals surface area contributed by atoms with Crippen LogP contribution in [0.3, 0.4) is 0 Å². The summed E-state index contributed by atoms with van der Waals surface area (Å²) < 4.78 is 10.4. The van der Waals surface area contributed by atoms with Crippen molar-refractivity contribution in [2.75, 3.05) is 7.11 Å². The third-order valence-corrected chi connectivity index (χ3v) is 2.87. The summed E-state index contributed by atoms with van der Waals surface area (Å²) >= 11 is 5.95. The number of hydrogen-bond acceptors (Lipinski definition) is 4. The van der Waals surface area contributed by atoms with E-state index in [1.165, 1.54) is 7.11 Å². The van der Waals surface area contributed by atoms with E-state index in [2.05, 4.69) is 5.32 Å². The van der Waals surface area contributed by atoms with Gasteiger partial charge in [-0.2, -0.15) is 0 Å². The van der Waals surface area contributed by atoms with Gasteiger partial charge in [0.1, 0.15) is 11.4 Å². The minimum atomic E-state index is -1.07. The van der Waals surface area contributed by atoms with E-state index < -0.39 is 23.7 Å². The third-order valence-electron chi connectivity index (χ3n) is 2.64. The number of rotatable bonds is 5. The van der Waals surface area contributed by atoms with E-state index in [9.17, 15) is 9.59 Å². The van der Waals surface area contributed by atoms with E-state index in [0.717, 1.165) is 0 Å². The van der Waals surface area contributed by atoms with E-state index in [-0.39, 0.29) is 6.42 Å². The molecule has 0 saturated carbocycles. The Balaban J connectivity index is 3.05. The second-order valence-electron chi connectivity index (χ2n) is 5.68. The van der Waals surface area contributed by atoms with Crippen LogP contribution >= 0.6 is 11.6 Å². The predicted octanol–water partition coefficient (Wildman–Crippen LogP) is 3.39. The molecule has 0 aliphatic rings. The standard InChI is InChI=1S/C15H20ClNO5/c1-15(2,3)22-14(20)17-11(8-13(18)19)10-7-9(16)5-6-12(10)21-4/h5-7,11H,8H2,1-4H3,(H,17,20)(H,18,19)/t11-/m0/s1. The van der Waals surface area contributed by atoms with Crippen LogP contribution in [0.1, 0.15) is 38.8 Å². The zero-order valence-corrected chi connectivity index (χ0v) is 13.7. The van der Waals surface area contributed by atoms with E-state index >= 15 is 0 Å². The molecule has 0 aliphatic carbocycles. The lowest BCUT2D eigenvalue weighted by Gasteiger charge is -2.24. The second-order valence-corrected chi connectivity index (χ2v) is 6.12. The van der Waals surface area contributed by atoms with Crippen LogP contribution in [-0.4, -0.2) is 29.9 Å². The van der Waals surface area contributed by atoms with E-state index in [0.29, 0.717) is 16.3 Å². The minimum absolute atomic E-state index is 0.323. The van der Waals surface area contributed by atoms with Gasteiger partial charge in [0.25, 0.3) is 0 Å². The van der Waals surface area contributed by atoms with Crippen LogP contribution < -0.4 is 10.1 Å². The number of carbonyl (C=O) groups excluding carboxylic acids is 1. The average Bonchev–Trinajstić information content (AvgIpc) is 2.35. The largest absolute Gasteiger partial charge is 0.496 e. The topological polar surface area (TPSA) is 84.9 Å². The fraction of sp³-hybridized carbons (Fsp3) is 0.467. The number of methoxy groups -OCH3 is 1. The highest BCUT2D eigenvalue weighted by molar-refractivity contribution is 6.30. The molecule has 1 aromatic rings. The van der Waals surface area contributed by atoms with E-state index in [4.69, 9.17) is 26.2 Å². The first-order valence-corrected chi connectivity index (χ1v) is 7.05. The number of carbonyl (C=O) groups is 2. The van der Waals surface area contributed by atoms with Gasteiger partial charge in [-0.3, -0.25) is 4.79 Å². The van der Waals surface area contributed by atoms with Crippen LogP contribution in [0.15, 0.2) is 18.2 Å². The summed E-state index contributed by atoms with van der Waals surface area (Å²) in [6.45, 7) is 5.16. The number of aliphatic carboxylic acids is 1. The summed E-state index contributed by atoms with van der Waals surface area (Å²) in [6.07, 6.45) is -1.03. The van der Waals surface area contributed by atoms with Gasteiger partial charge >= 0.3 is 12.1 Å². The lowest BCUT2D eigenvalue weighted by atomic mass is 10.0. The summed E-state index contributed by atoms with van der Waals surface area (Å²) in [5, 5.41) is 12.0. The fourth-order valence-corrected chi connectivity index (χ4v) is 2.02. The predicted molar refractivity (Wildman–Crippen MR) is 82.4 cm³/mol. The number of nitrogens with one attached hydrogen (secondary N) is 1. The van der Waals surface area contributed by atoms with Gasteiger partial charge < -0.3 is 19.9 Å². The smallest absolute Gasteiger partial charge is 0.408 e. The molecule has 0 radical (unpaired) electrons. The molecule has 0 aliphatic heterocycles. The number of carboxylic acid groups (broad SMARTS) is 1. The Labute approximate surface area is 134 Å². The number of benzene rings is 1. The first-order valence-electron chi connectivity index (χ1n) is 6.67. The fourth-order valence-electron chi connectivity index (χ4n) is 1.84. The maximum Gasteiger partial charge on any atom is 0.408 e. The van der Waals surface area contributed by atoms with Gasteiger partial charge in [-0.25, -0.2) is 4.79 Å². The summed E-state index contributed by atoms with van der Waals surface area (Å²) in [6, 6.07) is 3.98. The molecule has 1 aromatic carbocycles. The lowest BCUT2D eigenvalue weighted by Crippen LogP contribution is -2.36. The van der Waals surface area contributed by atoms with Crippen LogP contribution in [0.4, 0.5) is 4.79 Å². The molecule has 1 amide bonds. The van der Waals surface area contributed by atoms with Crippen LogP contribution in [-0.2, 0) is 9.53 Å². The van der Waals surface area contributed by atoms with Gasteiger partial charge in [0.15, 0.2) is 0 Å². The maximum atomic E-state index is 11.9. The number of hydrogen-bond donors (Lipinski definition) is 2. The number of ether oxygens (including phenoxy) is 2. The molecule has 0 bridgehead atoms. The van der Waals surface area contributed by atoms with Gasteiger partial charge in [0.2, 0.25) is 0 Å². The number of amides is 1. The molecule has 122 valence electrons. The molecule has 0 heterocycles. The van der Waals surface area contributed by atoms with Crippen molar-refractivity contribution in [3.63, 3.8) is 0 Å². The van der Waals surface area contributed by atoms with Gasteiger partial charge in [0, 0.05) is 10.6 Å². The highest BCUT2D eigenvalue weighted by Gasteiger charge is 2.25. The minimum Gasteiger partial charge on any atom is -0.496 e. The lowest BCUT2D eigenvalue weighted by molar-refractivity contribution is -0.137. The second kappa shape index (κ2) is 7.35. The maximum absolute atomic E-state index is 11.9. The molecule has 22 heavy (non-hydrogen) atoms. The number of halogens is 1. The average molecular weight is 330 g/mol. The Kier molecular flexibility index (Phi) is 6.05. The van der Waals surface area contributed by atoms with Crippen molar-refractivity contribution < 1.29 is 24.2 Å². The van der Waals surface area contributed by atoms with Crippen LogP contribution in [0, 0.1) is 0 Å². The molecule has 1 atom stereocenters. The van der Waals surface area contributed by atoms with Gasteiger partial charge in [-0.1, -0.05) is 11.6 Å². The van der Waals surface area contributed by atoms with Crippen LogP contribution in [0.5, 0.6) is 5.75 Å². The molecule has 0 aromatic heterocycles. The SMILES string of the molecule is COc1ccc(Cl)cc1[C@H](CC(=O)O)NC(=O)OC(C)(C)C. The summed E-state index contributed by atoms with van der Waals surface area (Å²) in [4.78, 5) is 23.0. The Morgan fingerprint density at radius 2 is 2.00 bits per heavy atom. The van der Waals surface area contributed by atoms with Crippen molar-refractivity contribution in [3.05, 3.63) is 28.8 Å². The van der Waals surface area contributed by atoms with Gasteiger partial charge in [-0.15, -0.1) is 0 Å². The number of alkyl carbamates (subject to hydrolysis) is 1. The molecule has 0 saturated heterocycles. The van der Waals surface area contributed by atoms with Crippen molar-refractivity contribution in [1.82, 2.24) is 5.32 Å². The van der Waals surface area contributed by atoms with Crippen LogP contribution in [0.25, 0.3) is 0 Å². The molecular formula is C15H20ClNO5. The van der Waals surface area contributed by atoms with Crippen molar-refractivity contribution in [1.29, 1.82) is 0 Å². The summed E-state index contributed by atoms with van der Waals surface area (Å²) in [5.41, 5.74) is -0.209. The van der Waals surface area contributed by atoms with Crippen molar-refractivity contribution in [2.45, 2.75) is 38.8 Å². The zero-order valence-electron chi connectivity index (χ0n) is 13.0. The van der Waals surface area contributed by atoms with Crippen molar-refractivity contribution in [3.8, 4) is 5.75 Å². The monoisotopic (exact) mass is 329 g/mol. The van der Waals surface area contributed by atoms with Crippen molar-refractivity contribution in [2.24, 2.45) is 0 Å². The molecular weight excluding hydrogens is 310 g/mol. The summed E-state index contributed by atoms with van der Waals surface area (Å²) in [7, 11) is 1.46. The van der Waals surface area contributed by atoms with E-state index in [1.807, 2.05) is 0 Å². The molecule has 0 unspecified atom stereocenters. The quantitative estimate of drug-likeness (QED) is 0.865. The molecule has 1 rings (SSSR count). The third kappa shape index (κ3) is 5.81. The molecule has 6 nitrogen and oxygen atoms in total. The Morgan fingerprint density at radius 1 is 1.36 bits per heavy atom. The highest BCUT2D eigenvalue weighted by Crippen LogP contribution is 2.30.